The average molecular weight is 207 g/mol. The molecule has 0 aliphatic carbocycles. The molecule has 0 saturated carbocycles. The highest BCUT2D eigenvalue weighted by atomic mass is 16.1. The minimum Gasteiger partial charge on any atom is -0.326 e. The Balaban J connectivity index is 2.71. The van der Waals surface area contributed by atoms with Crippen molar-refractivity contribution in [3.63, 3.8) is 0 Å². The molecule has 0 fully saturated rings. The lowest BCUT2D eigenvalue weighted by molar-refractivity contribution is 0.754. The van der Waals surface area contributed by atoms with E-state index in [-0.39, 0.29) is 18.0 Å². The van der Waals surface area contributed by atoms with Crippen LogP contribution in [0.4, 0.5) is 0 Å². The highest BCUT2D eigenvalue weighted by molar-refractivity contribution is 5.28. The third-order valence-electron chi connectivity index (χ3n) is 2.23. The highest BCUT2D eigenvalue weighted by Gasteiger charge is 2.10. The van der Waals surface area contributed by atoms with E-state index in [9.17, 15) is 4.79 Å². The summed E-state index contributed by atoms with van der Waals surface area (Å²) in [5, 5.41) is 2.91. The molecule has 0 aliphatic rings. The second kappa shape index (κ2) is 3.47. The van der Waals surface area contributed by atoms with E-state index in [1.165, 1.54) is 10.7 Å². The Morgan fingerprint density at radius 1 is 1.60 bits per heavy atom. The van der Waals surface area contributed by atoms with Gasteiger partial charge in [0.25, 0.3) is 11.3 Å². The number of nitrogens with one attached hydrogen (secondary N) is 1. The molecule has 2 aromatic heterocycles. The van der Waals surface area contributed by atoms with Crippen LogP contribution in [0.1, 0.15) is 31.2 Å². The molecular formula is C9H13N5O. The first-order valence-electron chi connectivity index (χ1n) is 4.80. The molecule has 0 saturated heterocycles. The van der Waals surface area contributed by atoms with Gasteiger partial charge in [0.15, 0.2) is 0 Å². The van der Waals surface area contributed by atoms with E-state index in [0.29, 0.717) is 11.3 Å². The minimum atomic E-state index is -0.179. The largest absolute Gasteiger partial charge is 0.326 e. The number of rotatable bonds is 2. The van der Waals surface area contributed by atoms with Crippen molar-refractivity contribution in [2.75, 3.05) is 0 Å². The Hall–Kier alpha value is -1.69. The number of nitrogens with zero attached hydrogens (tertiary/aromatic N) is 3. The van der Waals surface area contributed by atoms with Gasteiger partial charge in [-0.3, -0.25) is 9.89 Å². The van der Waals surface area contributed by atoms with Crippen LogP contribution in [0.2, 0.25) is 0 Å². The molecule has 0 atom stereocenters. The van der Waals surface area contributed by atoms with Crippen LogP contribution in [0.25, 0.3) is 5.78 Å². The van der Waals surface area contributed by atoms with Crippen LogP contribution in [0.3, 0.4) is 0 Å². The second-order valence-electron chi connectivity index (χ2n) is 3.69. The Morgan fingerprint density at radius 2 is 2.33 bits per heavy atom. The van der Waals surface area contributed by atoms with Crippen molar-refractivity contribution in [3.8, 4) is 0 Å². The zero-order chi connectivity index (χ0) is 11.0. The molecule has 0 amide bonds. The maximum atomic E-state index is 11.8. The maximum absolute atomic E-state index is 11.8. The molecule has 0 aliphatic heterocycles. The highest BCUT2D eigenvalue weighted by Crippen LogP contribution is 2.08. The summed E-state index contributed by atoms with van der Waals surface area (Å²) in [6.45, 7) is 4.17. The van der Waals surface area contributed by atoms with Crippen LogP contribution < -0.4 is 11.3 Å². The molecule has 2 rings (SSSR count). The summed E-state index contributed by atoms with van der Waals surface area (Å²) in [6.07, 6.45) is 1.47. The van der Waals surface area contributed by atoms with Crippen molar-refractivity contribution >= 4 is 5.78 Å². The zero-order valence-corrected chi connectivity index (χ0v) is 8.69. The summed E-state index contributed by atoms with van der Waals surface area (Å²) >= 11 is 0. The molecule has 0 aromatic carbocycles. The maximum Gasteiger partial charge on any atom is 0.278 e. The van der Waals surface area contributed by atoms with Gasteiger partial charge in [-0.25, -0.2) is 4.98 Å². The third kappa shape index (κ3) is 1.52. The monoisotopic (exact) mass is 207 g/mol. The van der Waals surface area contributed by atoms with Crippen molar-refractivity contribution < 1.29 is 0 Å². The lowest BCUT2D eigenvalue weighted by Gasteiger charge is -1.96. The molecule has 15 heavy (non-hydrogen) atoms. The van der Waals surface area contributed by atoms with Crippen LogP contribution in [0, 0.1) is 0 Å². The summed E-state index contributed by atoms with van der Waals surface area (Å²) < 4.78 is 1.33. The van der Waals surface area contributed by atoms with Gasteiger partial charge in [0.05, 0.1) is 5.56 Å². The van der Waals surface area contributed by atoms with E-state index in [0.717, 1.165) is 5.82 Å². The summed E-state index contributed by atoms with van der Waals surface area (Å²) in [5.41, 5.74) is 5.72. The van der Waals surface area contributed by atoms with E-state index in [2.05, 4.69) is 15.1 Å². The van der Waals surface area contributed by atoms with Gasteiger partial charge in [0.2, 0.25) is 0 Å². The first kappa shape index (κ1) is 9.85. The smallest absolute Gasteiger partial charge is 0.278 e. The number of aromatic nitrogens is 4. The van der Waals surface area contributed by atoms with Crippen LogP contribution >= 0.6 is 0 Å². The molecule has 0 bridgehead atoms. The topological polar surface area (TPSA) is 89.1 Å². The first-order chi connectivity index (χ1) is 7.13. The zero-order valence-electron chi connectivity index (χ0n) is 8.69. The van der Waals surface area contributed by atoms with E-state index < -0.39 is 0 Å². The summed E-state index contributed by atoms with van der Waals surface area (Å²) in [7, 11) is 0. The molecule has 2 aromatic rings. The molecule has 0 radical (unpaired) electrons. The van der Waals surface area contributed by atoms with Crippen molar-refractivity contribution in [2.24, 2.45) is 5.73 Å². The van der Waals surface area contributed by atoms with E-state index >= 15 is 0 Å². The van der Waals surface area contributed by atoms with Crippen molar-refractivity contribution in [3.05, 3.63) is 27.9 Å². The van der Waals surface area contributed by atoms with Gasteiger partial charge in [0.1, 0.15) is 5.82 Å². The second-order valence-corrected chi connectivity index (χ2v) is 3.69. The van der Waals surface area contributed by atoms with Gasteiger partial charge in [-0.1, -0.05) is 13.8 Å². The molecule has 0 unspecified atom stereocenters. The molecule has 6 nitrogen and oxygen atoms in total. The molecule has 2 heterocycles. The molecular weight excluding hydrogens is 194 g/mol. The Kier molecular flexibility index (Phi) is 2.28. The van der Waals surface area contributed by atoms with Gasteiger partial charge in [-0.15, -0.1) is 0 Å². The van der Waals surface area contributed by atoms with E-state index in [4.69, 9.17) is 5.73 Å². The standard InChI is InChI=1S/C9H13N5O/c1-5(2)7-12-9-11-4-6(3-10)8(15)14(9)13-7/h4-5H,3,10H2,1-2H3,(H,11,12,13). The predicted molar refractivity (Wildman–Crippen MR) is 55.6 cm³/mol. The SMILES string of the molecule is CC(C)c1nc2ncc(CN)c(=O)n2[nH]1. The number of aromatic amines is 1. The number of nitrogens with two attached hydrogens (primary N) is 1. The fourth-order valence-electron chi connectivity index (χ4n) is 1.31. The van der Waals surface area contributed by atoms with Crippen LogP contribution in [0.15, 0.2) is 11.0 Å². The lowest BCUT2D eigenvalue weighted by atomic mass is 10.2. The Bertz CT molecular complexity index is 539. The molecule has 0 spiro atoms. The van der Waals surface area contributed by atoms with Gasteiger partial charge in [-0.2, -0.15) is 9.50 Å². The lowest BCUT2D eigenvalue weighted by Crippen LogP contribution is -2.21. The third-order valence-corrected chi connectivity index (χ3v) is 2.23. The summed E-state index contributed by atoms with van der Waals surface area (Å²) in [4.78, 5) is 20.0. The number of hydrogen-bond acceptors (Lipinski definition) is 4. The van der Waals surface area contributed by atoms with Crippen molar-refractivity contribution in [2.45, 2.75) is 26.3 Å². The number of hydrogen-bond donors (Lipinski definition) is 2. The van der Waals surface area contributed by atoms with Crippen LogP contribution in [-0.4, -0.2) is 19.6 Å². The summed E-state index contributed by atoms with van der Waals surface area (Å²) in [5.74, 6) is 1.36. The fraction of sp³-hybridized carbons (Fsp3) is 0.444. The number of fused-ring (bicyclic) bond motifs is 1. The summed E-state index contributed by atoms with van der Waals surface area (Å²) in [6, 6.07) is 0. The Labute approximate surface area is 86.1 Å². The minimum absolute atomic E-state index is 0.179. The average Bonchev–Trinajstić information content (AvgIpc) is 2.63. The van der Waals surface area contributed by atoms with E-state index in [1.54, 1.807) is 0 Å². The molecule has 6 heteroatoms. The van der Waals surface area contributed by atoms with Crippen molar-refractivity contribution in [1.82, 2.24) is 19.6 Å². The quantitative estimate of drug-likeness (QED) is 0.725. The van der Waals surface area contributed by atoms with Crippen LogP contribution in [-0.2, 0) is 6.54 Å². The predicted octanol–water partition coefficient (Wildman–Crippen LogP) is -0.000300. The van der Waals surface area contributed by atoms with Crippen molar-refractivity contribution in [1.29, 1.82) is 0 Å². The first-order valence-corrected chi connectivity index (χ1v) is 4.80. The fourth-order valence-corrected chi connectivity index (χ4v) is 1.31. The van der Waals surface area contributed by atoms with E-state index in [1.807, 2.05) is 13.8 Å². The van der Waals surface area contributed by atoms with Gasteiger partial charge in [0, 0.05) is 18.7 Å². The Morgan fingerprint density at radius 3 is 2.93 bits per heavy atom. The van der Waals surface area contributed by atoms with Gasteiger partial charge in [-0.05, 0) is 0 Å². The van der Waals surface area contributed by atoms with Crippen LogP contribution in [0.5, 0.6) is 0 Å². The number of H-pyrrole nitrogens is 1. The molecule has 3 N–H and O–H groups in total. The van der Waals surface area contributed by atoms with Gasteiger partial charge < -0.3 is 5.73 Å². The van der Waals surface area contributed by atoms with Gasteiger partial charge >= 0.3 is 0 Å². The normalized spacial score (nSPS) is 11.5. The molecule has 80 valence electrons.